The van der Waals surface area contributed by atoms with Crippen molar-refractivity contribution in [2.75, 3.05) is 13.1 Å². The van der Waals surface area contributed by atoms with Gasteiger partial charge in [-0.05, 0) is 30.7 Å². The Morgan fingerprint density at radius 2 is 2.00 bits per heavy atom. The Kier molecular flexibility index (Phi) is 6.57. The van der Waals surface area contributed by atoms with Crippen molar-refractivity contribution in [1.29, 1.82) is 0 Å². The van der Waals surface area contributed by atoms with Gasteiger partial charge in [-0.25, -0.2) is 0 Å². The minimum absolute atomic E-state index is 0.262. The minimum Gasteiger partial charge on any atom is -0.481 e. The van der Waals surface area contributed by atoms with Crippen LogP contribution in [-0.2, 0) is 4.79 Å². The van der Waals surface area contributed by atoms with Crippen LogP contribution in [0.3, 0.4) is 0 Å². The monoisotopic (exact) mass is 215 g/mol. The number of hydrogen-bond acceptors (Lipinski definition) is 2. The third kappa shape index (κ3) is 9.73. The van der Waals surface area contributed by atoms with Gasteiger partial charge in [-0.2, -0.15) is 0 Å². The number of aliphatic carboxylic acids is 1. The van der Waals surface area contributed by atoms with Crippen molar-refractivity contribution < 1.29 is 9.90 Å². The molecular weight excluding hydrogens is 190 g/mol. The van der Waals surface area contributed by atoms with Crippen molar-refractivity contribution in [1.82, 2.24) is 5.32 Å². The van der Waals surface area contributed by atoms with Crippen LogP contribution in [0.25, 0.3) is 0 Å². The first-order valence-corrected chi connectivity index (χ1v) is 5.76. The Morgan fingerprint density at radius 3 is 2.47 bits per heavy atom. The zero-order valence-corrected chi connectivity index (χ0v) is 10.5. The highest BCUT2D eigenvalue weighted by atomic mass is 16.4. The lowest BCUT2D eigenvalue weighted by molar-refractivity contribution is -0.137. The third-order valence-corrected chi connectivity index (χ3v) is 2.31. The summed E-state index contributed by atoms with van der Waals surface area (Å²) < 4.78 is 0. The van der Waals surface area contributed by atoms with Gasteiger partial charge in [0.2, 0.25) is 0 Å². The van der Waals surface area contributed by atoms with Gasteiger partial charge in [0.15, 0.2) is 0 Å². The number of hydrogen-bond donors (Lipinski definition) is 2. The summed E-state index contributed by atoms with van der Waals surface area (Å²) in [4.78, 5) is 10.3. The van der Waals surface area contributed by atoms with Gasteiger partial charge in [0.1, 0.15) is 0 Å². The van der Waals surface area contributed by atoms with E-state index in [1.165, 1.54) is 6.42 Å². The first-order valence-electron chi connectivity index (χ1n) is 5.76. The predicted molar refractivity (Wildman–Crippen MR) is 63.0 cm³/mol. The van der Waals surface area contributed by atoms with Crippen molar-refractivity contribution in [3.8, 4) is 0 Å². The van der Waals surface area contributed by atoms with Gasteiger partial charge in [-0.3, -0.25) is 4.79 Å². The topological polar surface area (TPSA) is 49.3 Å². The van der Waals surface area contributed by atoms with E-state index in [9.17, 15) is 4.79 Å². The molecule has 0 rings (SSSR count). The first kappa shape index (κ1) is 14.4. The fraction of sp³-hybridized carbons (Fsp3) is 0.917. The molecule has 0 spiro atoms. The molecule has 3 nitrogen and oxygen atoms in total. The van der Waals surface area contributed by atoms with Crippen LogP contribution in [0.5, 0.6) is 0 Å². The van der Waals surface area contributed by atoms with Gasteiger partial charge >= 0.3 is 5.97 Å². The van der Waals surface area contributed by atoms with Crippen molar-refractivity contribution in [2.24, 2.45) is 11.3 Å². The summed E-state index contributed by atoms with van der Waals surface area (Å²) in [5.41, 5.74) is 0.303. The Balaban J connectivity index is 3.52. The summed E-state index contributed by atoms with van der Waals surface area (Å²) in [6, 6.07) is 0. The van der Waals surface area contributed by atoms with Crippen molar-refractivity contribution >= 4 is 5.97 Å². The molecule has 15 heavy (non-hydrogen) atoms. The van der Waals surface area contributed by atoms with Crippen LogP contribution in [0.2, 0.25) is 0 Å². The van der Waals surface area contributed by atoms with Gasteiger partial charge in [0.25, 0.3) is 0 Å². The SMILES string of the molecule is CC(C)CC(C)(C)CNCCCC(=O)O. The second kappa shape index (κ2) is 6.83. The first-order chi connectivity index (χ1) is 6.83. The molecule has 0 saturated heterocycles. The van der Waals surface area contributed by atoms with E-state index in [0.29, 0.717) is 17.8 Å². The molecule has 0 radical (unpaired) electrons. The Hall–Kier alpha value is -0.570. The van der Waals surface area contributed by atoms with E-state index in [4.69, 9.17) is 5.11 Å². The molecule has 0 aromatic carbocycles. The van der Waals surface area contributed by atoms with Crippen LogP contribution < -0.4 is 5.32 Å². The smallest absolute Gasteiger partial charge is 0.303 e. The van der Waals surface area contributed by atoms with E-state index in [0.717, 1.165) is 13.1 Å². The molecule has 0 heterocycles. The van der Waals surface area contributed by atoms with Crippen LogP contribution in [0.4, 0.5) is 0 Å². The Bertz CT molecular complexity index is 188. The summed E-state index contributed by atoms with van der Waals surface area (Å²) in [6.07, 6.45) is 2.17. The molecule has 0 aromatic heterocycles. The summed E-state index contributed by atoms with van der Waals surface area (Å²) >= 11 is 0. The molecule has 0 aromatic rings. The Morgan fingerprint density at radius 1 is 1.40 bits per heavy atom. The van der Waals surface area contributed by atoms with E-state index in [2.05, 4.69) is 33.0 Å². The summed E-state index contributed by atoms with van der Waals surface area (Å²) in [5.74, 6) is -0.000870. The molecule has 0 fully saturated rings. The van der Waals surface area contributed by atoms with E-state index >= 15 is 0 Å². The molecular formula is C12H25NO2. The van der Waals surface area contributed by atoms with Gasteiger partial charge in [-0.15, -0.1) is 0 Å². The van der Waals surface area contributed by atoms with E-state index in [1.807, 2.05) is 0 Å². The summed E-state index contributed by atoms with van der Waals surface area (Å²) in [6.45, 7) is 10.7. The molecule has 0 saturated carbocycles. The summed E-state index contributed by atoms with van der Waals surface area (Å²) in [5, 5.41) is 11.8. The van der Waals surface area contributed by atoms with Crippen molar-refractivity contribution in [3.05, 3.63) is 0 Å². The Labute approximate surface area is 93.3 Å². The molecule has 0 bridgehead atoms. The lowest BCUT2D eigenvalue weighted by Crippen LogP contribution is -2.31. The number of nitrogens with one attached hydrogen (secondary N) is 1. The van der Waals surface area contributed by atoms with Crippen molar-refractivity contribution in [2.45, 2.75) is 47.0 Å². The highest BCUT2D eigenvalue weighted by molar-refractivity contribution is 5.66. The number of carboxylic acids is 1. The highest BCUT2D eigenvalue weighted by Gasteiger charge is 2.18. The normalized spacial score (nSPS) is 12.1. The predicted octanol–water partition coefficient (Wildman–Crippen LogP) is 2.51. The fourth-order valence-electron chi connectivity index (χ4n) is 1.97. The molecule has 0 aliphatic rings. The van der Waals surface area contributed by atoms with Gasteiger partial charge in [0, 0.05) is 13.0 Å². The van der Waals surface area contributed by atoms with Crippen LogP contribution in [0.1, 0.15) is 47.0 Å². The van der Waals surface area contributed by atoms with Crippen LogP contribution in [-0.4, -0.2) is 24.2 Å². The van der Waals surface area contributed by atoms with E-state index in [-0.39, 0.29) is 6.42 Å². The lowest BCUT2D eigenvalue weighted by atomic mass is 9.84. The lowest BCUT2D eigenvalue weighted by Gasteiger charge is -2.27. The molecule has 0 unspecified atom stereocenters. The quantitative estimate of drug-likeness (QED) is 0.612. The zero-order chi connectivity index (χ0) is 11.9. The fourth-order valence-corrected chi connectivity index (χ4v) is 1.97. The van der Waals surface area contributed by atoms with Crippen LogP contribution >= 0.6 is 0 Å². The second-order valence-corrected chi connectivity index (χ2v) is 5.44. The molecule has 0 amide bonds. The average molecular weight is 215 g/mol. The maximum absolute atomic E-state index is 10.3. The number of carboxylic acid groups (broad SMARTS) is 1. The second-order valence-electron chi connectivity index (χ2n) is 5.44. The number of rotatable bonds is 8. The minimum atomic E-state index is -0.710. The molecule has 0 aliphatic heterocycles. The van der Waals surface area contributed by atoms with Crippen molar-refractivity contribution in [3.63, 3.8) is 0 Å². The summed E-state index contributed by atoms with van der Waals surface area (Å²) in [7, 11) is 0. The largest absolute Gasteiger partial charge is 0.481 e. The van der Waals surface area contributed by atoms with Gasteiger partial charge < -0.3 is 10.4 Å². The average Bonchev–Trinajstić information content (AvgIpc) is 1.99. The van der Waals surface area contributed by atoms with Gasteiger partial charge in [0.05, 0.1) is 0 Å². The maximum Gasteiger partial charge on any atom is 0.303 e. The van der Waals surface area contributed by atoms with Crippen LogP contribution in [0, 0.1) is 11.3 Å². The molecule has 3 heteroatoms. The zero-order valence-electron chi connectivity index (χ0n) is 10.5. The van der Waals surface area contributed by atoms with E-state index in [1.54, 1.807) is 0 Å². The molecule has 0 atom stereocenters. The third-order valence-electron chi connectivity index (χ3n) is 2.31. The number of carbonyl (C=O) groups is 1. The van der Waals surface area contributed by atoms with Crippen LogP contribution in [0.15, 0.2) is 0 Å². The molecule has 0 aliphatic carbocycles. The standard InChI is InChI=1S/C12H25NO2/c1-10(2)8-12(3,4)9-13-7-5-6-11(14)15/h10,13H,5-9H2,1-4H3,(H,14,15). The molecule has 90 valence electrons. The highest BCUT2D eigenvalue weighted by Crippen LogP contribution is 2.23. The molecule has 2 N–H and O–H groups in total. The van der Waals surface area contributed by atoms with E-state index < -0.39 is 5.97 Å². The maximum atomic E-state index is 10.3. The van der Waals surface area contributed by atoms with Gasteiger partial charge in [-0.1, -0.05) is 27.7 Å².